The average Bonchev–Trinajstić information content (AvgIpc) is 3.12. The van der Waals surface area contributed by atoms with Crippen LogP contribution in [0.5, 0.6) is 17.2 Å². The normalized spacial score (nSPS) is 13.7. The Morgan fingerprint density at radius 1 is 0.903 bits per heavy atom. The standard InChI is InChI=1S/C24H21F2NO4/c1-29-16-7-9-17(10-8-16)31-14-22(23-20(25)11-18(30-2)12-21(23)26)27-13-15-5-3-4-6-19(15)24(27)28/h3-12,22H,13-14H2,1-2H3. The minimum atomic E-state index is -0.979. The van der Waals surface area contributed by atoms with Gasteiger partial charge in [0.05, 0.1) is 20.3 Å². The molecule has 1 heterocycles. The van der Waals surface area contributed by atoms with Crippen LogP contribution >= 0.6 is 0 Å². The van der Waals surface area contributed by atoms with Crippen molar-refractivity contribution in [3.05, 3.63) is 89.0 Å². The molecule has 0 aliphatic carbocycles. The molecule has 0 fully saturated rings. The number of ether oxygens (including phenoxy) is 3. The number of nitrogens with zero attached hydrogens (tertiary/aromatic N) is 1. The molecule has 5 nitrogen and oxygen atoms in total. The molecule has 1 amide bonds. The van der Waals surface area contributed by atoms with Crippen molar-refractivity contribution in [3.63, 3.8) is 0 Å². The number of methoxy groups -OCH3 is 2. The molecule has 0 saturated carbocycles. The van der Waals surface area contributed by atoms with E-state index in [0.29, 0.717) is 17.1 Å². The first-order valence-corrected chi connectivity index (χ1v) is 9.70. The zero-order valence-electron chi connectivity index (χ0n) is 17.1. The van der Waals surface area contributed by atoms with Crippen molar-refractivity contribution in [2.24, 2.45) is 0 Å². The number of benzene rings is 3. The summed E-state index contributed by atoms with van der Waals surface area (Å²) in [5.74, 6) is -0.698. The molecule has 0 N–H and O–H groups in total. The first kappa shape index (κ1) is 20.7. The summed E-state index contributed by atoms with van der Waals surface area (Å²) in [6.45, 7) is 0.1000. The van der Waals surface area contributed by atoms with Gasteiger partial charge in [-0.1, -0.05) is 18.2 Å². The van der Waals surface area contributed by atoms with Crippen molar-refractivity contribution >= 4 is 5.91 Å². The number of halogens is 2. The molecule has 1 aliphatic rings. The number of hydrogen-bond donors (Lipinski definition) is 0. The number of fused-ring (bicyclic) bond motifs is 1. The molecule has 1 atom stereocenters. The predicted octanol–water partition coefficient (Wildman–Crippen LogP) is 4.76. The molecule has 0 bridgehead atoms. The van der Waals surface area contributed by atoms with Crippen LogP contribution in [0.2, 0.25) is 0 Å². The third-order valence-corrected chi connectivity index (χ3v) is 5.31. The first-order chi connectivity index (χ1) is 15.0. The molecule has 31 heavy (non-hydrogen) atoms. The largest absolute Gasteiger partial charge is 0.497 e. The third kappa shape index (κ3) is 4.03. The van der Waals surface area contributed by atoms with Crippen LogP contribution in [-0.2, 0) is 6.54 Å². The van der Waals surface area contributed by atoms with Gasteiger partial charge in [-0.25, -0.2) is 8.78 Å². The second-order valence-electron chi connectivity index (χ2n) is 7.10. The van der Waals surface area contributed by atoms with Gasteiger partial charge in [-0.15, -0.1) is 0 Å². The van der Waals surface area contributed by atoms with Gasteiger partial charge in [0.2, 0.25) is 0 Å². The first-order valence-electron chi connectivity index (χ1n) is 9.70. The van der Waals surface area contributed by atoms with E-state index in [-0.39, 0.29) is 30.4 Å². The van der Waals surface area contributed by atoms with E-state index >= 15 is 0 Å². The van der Waals surface area contributed by atoms with E-state index in [9.17, 15) is 13.6 Å². The lowest BCUT2D eigenvalue weighted by Gasteiger charge is -2.29. The van der Waals surface area contributed by atoms with Crippen LogP contribution in [0.3, 0.4) is 0 Å². The summed E-state index contributed by atoms with van der Waals surface area (Å²) in [4.78, 5) is 14.5. The summed E-state index contributed by atoms with van der Waals surface area (Å²) in [5, 5.41) is 0. The molecule has 0 spiro atoms. The van der Waals surface area contributed by atoms with E-state index < -0.39 is 17.7 Å². The highest BCUT2D eigenvalue weighted by molar-refractivity contribution is 5.98. The third-order valence-electron chi connectivity index (χ3n) is 5.31. The SMILES string of the molecule is COc1ccc(OCC(c2c(F)cc(OC)cc2F)N2Cc3ccccc3C2=O)cc1. The fraction of sp³-hybridized carbons (Fsp3) is 0.208. The van der Waals surface area contributed by atoms with Crippen LogP contribution in [0.25, 0.3) is 0 Å². The van der Waals surface area contributed by atoms with E-state index in [4.69, 9.17) is 14.2 Å². The van der Waals surface area contributed by atoms with E-state index in [0.717, 1.165) is 17.7 Å². The van der Waals surface area contributed by atoms with Crippen molar-refractivity contribution in [1.29, 1.82) is 0 Å². The number of hydrogen-bond acceptors (Lipinski definition) is 4. The summed E-state index contributed by atoms with van der Waals surface area (Å²) in [6, 6.07) is 15.2. The van der Waals surface area contributed by atoms with Gasteiger partial charge in [-0.2, -0.15) is 0 Å². The Hall–Kier alpha value is -3.61. The minimum absolute atomic E-state index is 0.0598. The molecule has 1 unspecified atom stereocenters. The van der Waals surface area contributed by atoms with Crippen molar-refractivity contribution in [3.8, 4) is 17.2 Å². The van der Waals surface area contributed by atoms with Crippen LogP contribution in [0.4, 0.5) is 8.78 Å². The van der Waals surface area contributed by atoms with Crippen molar-refractivity contribution < 1.29 is 27.8 Å². The maximum atomic E-state index is 15.0. The Kier molecular flexibility index (Phi) is 5.75. The zero-order valence-corrected chi connectivity index (χ0v) is 17.1. The molecule has 160 valence electrons. The lowest BCUT2D eigenvalue weighted by Crippen LogP contribution is -2.34. The molecule has 4 rings (SSSR count). The van der Waals surface area contributed by atoms with E-state index in [2.05, 4.69) is 0 Å². The molecule has 3 aromatic rings. The molecular formula is C24H21F2NO4. The Morgan fingerprint density at radius 3 is 2.13 bits per heavy atom. The van der Waals surface area contributed by atoms with E-state index in [1.165, 1.54) is 12.0 Å². The number of carbonyl (C=O) groups excluding carboxylic acids is 1. The van der Waals surface area contributed by atoms with Gasteiger partial charge in [-0.3, -0.25) is 4.79 Å². The van der Waals surface area contributed by atoms with Gasteiger partial charge in [0.15, 0.2) is 0 Å². The van der Waals surface area contributed by atoms with Gasteiger partial charge in [0.25, 0.3) is 5.91 Å². The van der Waals surface area contributed by atoms with Gasteiger partial charge < -0.3 is 19.1 Å². The second-order valence-corrected chi connectivity index (χ2v) is 7.10. The highest BCUT2D eigenvalue weighted by atomic mass is 19.1. The fourth-order valence-corrected chi connectivity index (χ4v) is 3.70. The van der Waals surface area contributed by atoms with E-state index in [1.54, 1.807) is 43.5 Å². The zero-order chi connectivity index (χ0) is 22.0. The van der Waals surface area contributed by atoms with Crippen LogP contribution in [0.1, 0.15) is 27.5 Å². The Labute approximate surface area is 178 Å². The molecule has 0 aromatic heterocycles. The lowest BCUT2D eigenvalue weighted by molar-refractivity contribution is 0.0625. The highest BCUT2D eigenvalue weighted by Gasteiger charge is 2.36. The molecule has 0 saturated heterocycles. The molecule has 1 aliphatic heterocycles. The Morgan fingerprint density at radius 2 is 1.52 bits per heavy atom. The molecule has 0 radical (unpaired) electrons. The molecule has 7 heteroatoms. The maximum absolute atomic E-state index is 15.0. The summed E-state index contributed by atoms with van der Waals surface area (Å²) >= 11 is 0. The number of amides is 1. The maximum Gasteiger partial charge on any atom is 0.255 e. The van der Waals surface area contributed by atoms with E-state index in [1.807, 2.05) is 12.1 Å². The van der Waals surface area contributed by atoms with Gasteiger partial charge in [-0.05, 0) is 35.9 Å². The lowest BCUT2D eigenvalue weighted by atomic mass is 10.0. The van der Waals surface area contributed by atoms with Crippen molar-refractivity contribution in [2.75, 3.05) is 20.8 Å². The Balaban J connectivity index is 1.68. The number of rotatable bonds is 7. The van der Waals surface area contributed by atoms with Crippen LogP contribution in [0, 0.1) is 11.6 Å². The molecular weight excluding hydrogens is 404 g/mol. The van der Waals surface area contributed by atoms with Crippen LogP contribution in [-0.4, -0.2) is 31.6 Å². The molecule has 3 aromatic carbocycles. The van der Waals surface area contributed by atoms with Crippen molar-refractivity contribution in [2.45, 2.75) is 12.6 Å². The fourth-order valence-electron chi connectivity index (χ4n) is 3.70. The van der Waals surface area contributed by atoms with Crippen LogP contribution in [0.15, 0.2) is 60.7 Å². The van der Waals surface area contributed by atoms with Gasteiger partial charge in [0.1, 0.15) is 35.5 Å². The summed E-state index contributed by atoms with van der Waals surface area (Å²) in [7, 11) is 2.89. The minimum Gasteiger partial charge on any atom is -0.497 e. The smallest absolute Gasteiger partial charge is 0.255 e. The van der Waals surface area contributed by atoms with Gasteiger partial charge >= 0.3 is 0 Å². The monoisotopic (exact) mass is 425 g/mol. The van der Waals surface area contributed by atoms with Gasteiger partial charge in [0, 0.05) is 29.8 Å². The second kappa shape index (κ2) is 8.63. The topological polar surface area (TPSA) is 48.0 Å². The average molecular weight is 425 g/mol. The summed E-state index contributed by atoms with van der Waals surface area (Å²) < 4.78 is 45.8. The number of carbonyl (C=O) groups is 1. The highest BCUT2D eigenvalue weighted by Crippen LogP contribution is 2.35. The quantitative estimate of drug-likeness (QED) is 0.548. The summed E-state index contributed by atoms with van der Waals surface area (Å²) in [6.07, 6.45) is 0. The Bertz CT molecular complexity index is 1080. The summed E-state index contributed by atoms with van der Waals surface area (Å²) in [5.41, 5.74) is 1.08. The van der Waals surface area contributed by atoms with Crippen LogP contribution < -0.4 is 14.2 Å². The van der Waals surface area contributed by atoms with Crippen molar-refractivity contribution in [1.82, 2.24) is 4.90 Å². The predicted molar refractivity (Wildman–Crippen MR) is 110 cm³/mol.